The molecule has 0 saturated heterocycles. The van der Waals surface area contributed by atoms with Crippen LogP contribution in [0.1, 0.15) is 32.6 Å². The quantitative estimate of drug-likeness (QED) is 0.561. The normalized spacial score (nSPS) is 17.2. The third kappa shape index (κ3) is 4.00. The van der Waals surface area contributed by atoms with Crippen LogP contribution in [0.5, 0.6) is 0 Å². The van der Waals surface area contributed by atoms with Crippen molar-refractivity contribution in [1.29, 1.82) is 0 Å². The van der Waals surface area contributed by atoms with Gasteiger partial charge in [0.05, 0.1) is 17.9 Å². The fourth-order valence-electron chi connectivity index (χ4n) is 1.79. The van der Waals surface area contributed by atoms with E-state index in [1.54, 1.807) is 0 Å². The summed E-state index contributed by atoms with van der Waals surface area (Å²) in [6.45, 7) is 8.68. The van der Waals surface area contributed by atoms with Crippen LogP contribution >= 0.6 is 0 Å². The number of esters is 1. The Kier molecular flexibility index (Phi) is 4.59. The highest BCUT2D eigenvalue weighted by Crippen LogP contribution is 2.28. The minimum Gasteiger partial charge on any atom is -0.547 e. The molecule has 0 unspecified atom stereocenters. The summed E-state index contributed by atoms with van der Waals surface area (Å²) in [5.74, 6) is 0.708. The molecule has 0 aliphatic heterocycles. The second-order valence-electron chi connectivity index (χ2n) is 5.04. The molecular formula is C12H22O3Si. The molecule has 0 fully saturated rings. The molecule has 0 N–H and O–H groups in total. The zero-order valence-electron chi connectivity index (χ0n) is 10.8. The zero-order chi connectivity index (χ0) is 12.2. The summed E-state index contributed by atoms with van der Waals surface area (Å²) in [5, 5.41) is 0. The van der Waals surface area contributed by atoms with Crippen LogP contribution in [-0.2, 0) is 14.0 Å². The number of ether oxygens (including phenoxy) is 1. The molecule has 92 valence electrons. The van der Waals surface area contributed by atoms with Gasteiger partial charge in [-0.15, -0.1) is 0 Å². The molecule has 4 heteroatoms. The van der Waals surface area contributed by atoms with Gasteiger partial charge < -0.3 is 9.16 Å². The molecule has 1 rings (SSSR count). The van der Waals surface area contributed by atoms with E-state index in [0.717, 1.165) is 37.0 Å². The van der Waals surface area contributed by atoms with Crippen molar-refractivity contribution in [2.24, 2.45) is 0 Å². The third-order valence-electron chi connectivity index (χ3n) is 2.37. The lowest BCUT2D eigenvalue weighted by molar-refractivity contribution is -0.139. The third-order valence-corrected chi connectivity index (χ3v) is 3.23. The number of rotatable bonds is 4. The topological polar surface area (TPSA) is 35.5 Å². The minimum absolute atomic E-state index is 0.185. The van der Waals surface area contributed by atoms with Crippen molar-refractivity contribution >= 4 is 14.3 Å². The SMILES string of the molecule is CCOC(=O)C1=C(O[Si](C)(C)C)CCCC1. The molecule has 0 spiro atoms. The summed E-state index contributed by atoms with van der Waals surface area (Å²) in [6.07, 6.45) is 3.87. The van der Waals surface area contributed by atoms with Gasteiger partial charge in [0.1, 0.15) is 0 Å². The van der Waals surface area contributed by atoms with E-state index in [9.17, 15) is 4.79 Å². The van der Waals surface area contributed by atoms with Crippen LogP contribution in [0.2, 0.25) is 19.6 Å². The van der Waals surface area contributed by atoms with Crippen molar-refractivity contribution < 1.29 is 14.0 Å². The largest absolute Gasteiger partial charge is 0.547 e. The van der Waals surface area contributed by atoms with Gasteiger partial charge in [-0.25, -0.2) is 4.79 Å². The predicted molar refractivity (Wildman–Crippen MR) is 66.6 cm³/mol. The Morgan fingerprint density at radius 3 is 2.44 bits per heavy atom. The molecule has 0 aromatic heterocycles. The van der Waals surface area contributed by atoms with Gasteiger partial charge >= 0.3 is 5.97 Å². The first-order chi connectivity index (χ1) is 7.44. The number of carbonyl (C=O) groups excluding carboxylic acids is 1. The van der Waals surface area contributed by atoms with Gasteiger partial charge in [0.2, 0.25) is 8.32 Å². The van der Waals surface area contributed by atoms with Crippen molar-refractivity contribution in [2.75, 3.05) is 6.61 Å². The Hall–Kier alpha value is -0.773. The van der Waals surface area contributed by atoms with Crippen molar-refractivity contribution in [3.05, 3.63) is 11.3 Å². The Labute approximate surface area is 99.0 Å². The van der Waals surface area contributed by atoms with Crippen LogP contribution in [0.15, 0.2) is 11.3 Å². The van der Waals surface area contributed by atoms with Gasteiger partial charge in [-0.3, -0.25) is 0 Å². The molecule has 1 aliphatic rings. The standard InChI is InChI=1S/C12H22O3Si/c1-5-14-12(13)10-8-6-7-9-11(10)15-16(2,3)4/h5-9H2,1-4H3. The van der Waals surface area contributed by atoms with E-state index in [1.165, 1.54) is 0 Å². The van der Waals surface area contributed by atoms with Gasteiger partial charge in [0.25, 0.3) is 0 Å². The van der Waals surface area contributed by atoms with Gasteiger partial charge in [-0.1, -0.05) is 0 Å². The number of hydrogen-bond donors (Lipinski definition) is 0. The smallest absolute Gasteiger partial charge is 0.337 e. The fraction of sp³-hybridized carbons (Fsp3) is 0.750. The highest BCUT2D eigenvalue weighted by Gasteiger charge is 2.25. The molecule has 0 bridgehead atoms. The van der Waals surface area contributed by atoms with Crippen LogP contribution in [-0.4, -0.2) is 20.9 Å². The Bertz CT molecular complexity index is 289. The maximum atomic E-state index is 11.7. The van der Waals surface area contributed by atoms with E-state index >= 15 is 0 Å². The average Bonchev–Trinajstić information content (AvgIpc) is 2.16. The molecule has 0 heterocycles. The monoisotopic (exact) mass is 242 g/mol. The zero-order valence-corrected chi connectivity index (χ0v) is 11.8. The van der Waals surface area contributed by atoms with Gasteiger partial charge in [0.15, 0.2) is 0 Å². The molecule has 0 radical (unpaired) electrons. The molecule has 1 aliphatic carbocycles. The van der Waals surface area contributed by atoms with E-state index in [-0.39, 0.29) is 5.97 Å². The first-order valence-electron chi connectivity index (χ1n) is 6.02. The van der Waals surface area contributed by atoms with E-state index in [0.29, 0.717) is 6.61 Å². The summed E-state index contributed by atoms with van der Waals surface area (Å²) >= 11 is 0. The number of allylic oxidation sites excluding steroid dienone is 1. The maximum absolute atomic E-state index is 11.7. The molecule has 0 atom stereocenters. The summed E-state index contributed by atoms with van der Waals surface area (Å²) in [6, 6.07) is 0. The molecule has 0 aromatic carbocycles. The second-order valence-corrected chi connectivity index (χ2v) is 9.47. The van der Waals surface area contributed by atoms with Crippen LogP contribution in [0.3, 0.4) is 0 Å². The van der Waals surface area contributed by atoms with E-state index in [2.05, 4.69) is 19.6 Å². The van der Waals surface area contributed by atoms with Gasteiger partial charge in [-0.05, 0) is 45.8 Å². The molecule has 0 saturated carbocycles. The van der Waals surface area contributed by atoms with E-state index in [4.69, 9.17) is 9.16 Å². The summed E-state index contributed by atoms with van der Waals surface area (Å²) in [5.41, 5.74) is 0.774. The summed E-state index contributed by atoms with van der Waals surface area (Å²) in [4.78, 5) is 11.7. The van der Waals surface area contributed by atoms with E-state index in [1.807, 2.05) is 6.92 Å². The van der Waals surface area contributed by atoms with Crippen molar-refractivity contribution in [3.8, 4) is 0 Å². The molecule has 0 amide bonds. The first kappa shape index (κ1) is 13.3. The van der Waals surface area contributed by atoms with E-state index < -0.39 is 8.32 Å². The Balaban J connectivity index is 2.83. The first-order valence-corrected chi connectivity index (χ1v) is 9.43. The van der Waals surface area contributed by atoms with Crippen LogP contribution in [0.25, 0.3) is 0 Å². The van der Waals surface area contributed by atoms with Crippen LogP contribution < -0.4 is 0 Å². The lowest BCUT2D eigenvalue weighted by Gasteiger charge is -2.26. The molecule has 16 heavy (non-hydrogen) atoms. The minimum atomic E-state index is -1.62. The lowest BCUT2D eigenvalue weighted by atomic mass is 9.98. The Morgan fingerprint density at radius 2 is 1.88 bits per heavy atom. The molecule has 3 nitrogen and oxygen atoms in total. The van der Waals surface area contributed by atoms with Crippen LogP contribution in [0.4, 0.5) is 0 Å². The highest BCUT2D eigenvalue weighted by atomic mass is 28.4. The summed E-state index contributed by atoms with van der Waals surface area (Å²) < 4.78 is 11.0. The van der Waals surface area contributed by atoms with Crippen molar-refractivity contribution in [2.45, 2.75) is 52.2 Å². The van der Waals surface area contributed by atoms with Gasteiger partial charge in [0, 0.05) is 6.42 Å². The fourth-order valence-corrected chi connectivity index (χ4v) is 2.76. The predicted octanol–water partition coefficient (Wildman–Crippen LogP) is 3.23. The number of hydrogen-bond acceptors (Lipinski definition) is 3. The second kappa shape index (κ2) is 5.52. The van der Waals surface area contributed by atoms with Gasteiger partial charge in [-0.2, -0.15) is 0 Å². The van der Waals surface area contributed by atoms with Crippen molar-refractivity contribution in [1.82, 2.24) is 0 Å². The summed E-state index contributed by atoms with van der Waals surface area (Å²) in [7, 11) is -1.62. The number of carbonyl (C=O) groups is 1. The Morgan fingerprint density at radius 1 is 1.25 bits per heavy atom. The maximum Gasteiger partial charge on any atom is 0.337 e. The highest BCUT2D eigenvalue weighted by molar-refractivity contribution is 6.70. The molecular weight excluding hydrogens is 220 g/mol. The van der Waals surface area contributed by atoms with Crippen LogP contribution in [0, 0.1) is 0 Å². The average molecular weight is 242 g/mol. The lowest BCUT2D eigenvalue weighted by Crippen LogP contribution is -2.27. The van der Waals surface area contributed by atoms with Crippen molar-refractivity contribution in [3.63, 3.8) is 0 Å². The molecule has 0 aromatic rings.